The number of rotatable bonds is 0. The molecule has 1 aliphatic carbocycles. The maximum atomic E-state index is 12.2. The van der Waals surface area contributed by atoms with Gasteiger partial charge in [-0.25, -0.2) is 0 Å². The number of hydrogen-bond donors (Lipinski definition) is 0. The van der Waals surface area contributed by atoms with Crippen molar-refractivity contribution in [2.75, 3.05) is 0 Å². The molecule has 0 aromatic heterocycles. The Balaban J connectivity index is 3.18. The van der Waals surface area contributed by atoms with Crippen LogP contribution in [0.4, 0.5) is 13.2 Å². The molecule has 0 amide bonds. The zero-order valence-electron chi connectivity index (χ0n) is 6.31. The molecule has 0 heterocycles. The lowest BCUT2D eigenvalue weighted by atomic mass is 10.1. The lowest BCUT2D eigenvalue weighted by Gasteiger charge is -2.06. The molecule has 1 rings (SSSR count). The molecule has 0 N–H and O–H groups in total. The Labute approximate surface area is 72.2 Å². The first-order valence-corrected chi connectivity index (χ1v) is 3.31. The van der Waals surface area contributed by atoms with Crippen LogP contribution in [-0.2, 0) is 0 Å². The molecule has 5 heteroatoms. The summed E-state index contributed by atoms with van der Waals surface area (Å²) in [5.41, 5.74) is -1.66. The van der Waals surface area contributed by atoms with Crippen LogP contribution < -0.4 is 0 Å². The van der Waals surface area contributed by atoms with Gasteiger partial charge in [-0.1, -0.05) is 6.08 Å². The Morgan fingerprint density at radius 2 is 1.85 bits per heavy atom. The van der Waals surface area contributed by atoms with Gasteiger partial charge in [-0.2, -0.15) is 23.7 Å². The standard InChI is InChI=1S/C8H3F3N2/c9-8(10,11)7-2-1-5(3-12)6(7)4-13/h1H,2H2. The number of allylic oxidation sites excluding steroid dienone is 4. The highest BCUT2D eigenvalue weighted by Gasteiger charge is 2.38. The van der Waals surface area contributed by atoms with E-state index in [9.17, 15) is 13.2 Å². The van der Waals surface area contributed by atoms with Crippen LogP contribution in [0.1, 0.15) is 6.42 Å². The summed E-state index contributed by atoms with van der Waals surface area (Å²) in [5, 5.41) is 16.8. The van der Waals surface area contributed by atoms with Crippen molar-refractivity contribution >= 4 is 0 Å². The molecule has 0 unspecified atom stereocenters. The molecule has 2 nitrogen and oxygen atoms in total. The largest absolute Gasteiger partial charge is 0.414 e. The van der Waals surface area contributed by atoms with E-state index < -0.39 is 17.3 Å². The summed E-state index contributed by atoms with van der Waals surface area (Å²) < 4.78 is 36.5. The van der Waals surface area contributed by atoms with Crippen molar-refractivity contribution in [1.29, 1.82) is 10.5 Å². The maximum Gasteiger partial charge on any atom is 0.414 e. The van der Waals surface area contributed by atoms with E-state index in [0.717, 1.165) is 6.08 Å². The maximum absolute atomic E-state index is 12.2. The van der Waals surface area contributed by atoms with Gasteiger partial charge in [0.2, 0.25) is 0 Å². The number of nitrogens with zero attached hydrogens (tertiary/aromatic N) is 2. The predicted molar refractivity (Wildman–Crippen MR) is 37.0 cm³/mol. The van der Waals surface area contributed by atoms with Crippen LogP contribution >= 0.6 is 0 Å². The third kappa shape index (κ3) is 1.54. The third-order valence-electron chi connectivity index (χ3n) is 1.66. The van der Waals surface area contributed by atoms with Gasteiger partial charge >= 0.3 is 6.18 Å². The van der Waals surface area contributed by atoms with Crippen LogP contribution in [0, 0.1) is 22.7 Å². The van der Waals surface area contributed by atoms with E-state index in [1.54, 1.807) is 6.07 Å². The van der Waals surface area contributed by atoms with Crippen LogP contribution in [0.15, 0.2) is 22.8 Å². The van der Waals surface area contributed by atoms with Crippen molar-refractivity contribution in [3.05, 3.63) is 22.8 Å². The van der Waals surface area contributed by atoms with Crippen molar-refractivity contribution in [2.45, 2.75) is 12.6 Å². The van der Waals surface area contributed by atoms with Gasteiger partial charge in [-0.05, 0) is 6.42 Å². The van der Waals surface area contributed by atoms with Gasteiger partial charge in [0.15, 0.2) is 0 Å². The lowest BCUT2D eigenvalue weighted by Crippen LogP contribution is -2.11. The number of hydrogen-bond acceptors (Lipinski definition) is 2. The molecule has 0 aliphatic heterocycles. The summed E-state index contributed by atoms with van der Waals surface area (Å²) in [6.07, 6.45) is -3.78. The van der Waals surface area contributed by atoms with Crippen molar-refractivity contribution in [1.82, 2.24) is 0 Å². The zero-order chi connectivity index (χ0) is 10.1. The average Bonchev–Trinajstić information content (AvgIpc) is 2.45. The number of alkyl halides is 3. The number of nitriles is 2. The van der Waals surface area contributed by atoms with E-state index in [2.05, 4.69) is 0 Å². The van der Waals surface area contributed by atoms with E-state index in [1.807, 2.05) is 0 Å². The fourth-order valence-corrected chi connectivity index (χ4v) is 1.06. The Morgan fingerprint density at radius 3 is 2.23 bits per heavy atom. The summed E-state index contributed by atoms with van der Waals surface area (Å²) in [6.45, 7) is 0. The molecule has 0 fully saturated rings. The van der Waals surface area contributed by atoms with Crippen molar-refractivity contribution in [3.8, 4) is 12.1 Å². The monoisotopic (exact) mass is 184 g/mol. The fraction of sp³-hybridized carbons (Fsp3) is 0.250. The molecule has 66 valence electrons. The average molecular weight is 184 g/mol. The van der Waals surface area contributed by atoms with Gasteiger partial charge < -0.3 is 0 Å². The van der Waals surface area contributed by atoms with Gasteiger partial charge in [0, 0.05) is 0 Å². The lowest BCUT2D eigenvalue weighted by molar-refractivity contribution is -0.0929. The Morgan fingerprint density at radius 1 is 1.23 bits per heavy atom. The first-order chi connectivity index (χ1) is 6.00. The topological polar surface area (TPSA) is 47.6 Å². The van der Waals surface area contributed by atoms with Gasteiger partial charge in [0.25, 0.3) is 0 Å². The Kier molecular flexibility index (Phi) is 2.12. The quantitative estimate of drug-likeness (QED) is 0.579. The minimum Gasteiger partial charge on any atom is -0.192 e. The van der Waals surface area contributed by atoms with E-state index in [0.29, 0.717) is 0 Å². The van der Waals surface area contributed by atoms with Gasteiger partial charge in [-0.3, -0.25) is 0 Å². The third-order valence-corrected chi connectivity index (χ3v) is 1.66. The van der Waals surface area contributed by atoms with E-state index in [1.165, 1.54) is 6.07 Å². The molecule has 0 atom stereocenters. The molecule has 1 aliphatic rings. The van der Waals surface area contributed by atoms with Crippen LogP contribution in [-0.4, -0.2) is 6.18 Å². The number of halogens is 3. The van der Waals surface area contributed by atoms with Crippen LogP contribution in [0.25, 0.3) is 0 Å². The molecule has 0 aromatic carbocycles. The molecule has 0 saturated heterocycles. The minimum absolute atomic E-state index is 0.185. The van der Waals surface area contributed by atoms with Gasteiger partial charge in [0.05, 0.1) is 16.7 Å². The van der Waals surface area contributed by atoms with Gasteiger partial charge in [-0.15, -0.1) is 0 Å². The van der Waals surface area contributed by atoms with E-state index >= 15 is 0 Å². The zero-order valence-corrected chi connectivity index (χ0v) is 6.31. The van der Waals surface area contributed by atoms with Crippen molar-refractivity contribution in [2.24, 2.45) is 0 Å². The van der Waals surface area contributed by atoms with Gasteiger partial charge in [0.1, 0.15) is 12.1 Å². The minimum atomic E-state index is -4.51. The second kappa shape index (κ2) is 2.95. The molecule has 0 aromatic rings. The summed E-state index contributed by atoms with van der Waals surface area (Å²) in [4.78, 5) is 0. The van der Waals surface area contributed by atoms with Crippen molar-refractivity contribution in [3.63, 3.8) is 0 Å². The smallest absolute Gasteiger partial charge is 0.192 e. The molecule has 0 bridgehead atoms. The molecule has 13 heavy (non-hydrogen) atoms. The highest BCUT2D eigenvalue weighted by Crippen LogP contribution is 2.37. The molecular weight excluding hydrogens is 181 g/mol. The first kappa shape index (κ1) is 9.34. The second-order valence-electron chi connectivity index (χ2n) is 2.40. The summed E-state index contributed by atoms with van der Waals surface area (Å²) >= 11 is 0. The normalized spacial score (nSPS) is 16.5. The van der Waals surface area contributed by atoms with E-state index in [-0.39, 0.29) is 12.0 Å². The van der Waals surface area contributed by atoms with Crippen LogP contribution in [0.3, 0.4) is 0 Å². The first-order valence-electron chi connectivity index (χ1n) is 3.31. The summed E-state index contributed by atoms with van der Waals surface area (Å²) in [7, 11) is 0. The summed E-state index contributed by atoms with van der Waals surface area (Å²) in [6, 6.07) is 2.94. The Bertz CT molecular complexity index is 374. The molecular formula is C8H3F3N2. The van der Waals surface area contributed by atoms with Crippen LogP contribution in [0.5, 0.6) is 0 Å². The molecule has 0 spiro atoms. The molecule has 0 saturated carbocycles. The fourth-order valence-electron chi connectivity index (χ4n) is 1.06. The summed E-state index contributed by atoms with van der Waals surface area (Å²) in [5.74, 6) is 0. The van der Waals surface area contributed by atoms with Crippen molar-refractivity contribution < 1.29 is 13.2 Å². The SMILES string of the molecule is N#CC1=CCC(C(F)(F)F)=C1C#N. The van der Waals surface area contributed by atoms with Crippen LogP contribution in [0.2, 0.25) is 0 Å². The molecule has 0 radical (unpaired) electrons. The van der Waals surface area contributed by atoms with E-state index in [4.69, 9.17) is 10.5 Å². The predicted octanol–water partition coefficient (Wildman–Crippen LogP) is 2.22. The Hall–Kier alpha value is -1.75. The second-order valence-corrected chi connectivity index (χ2v) is 2.40. The highest BCUT2D eigenvalue weighted by atomic mass is 19.4. The highest BCUT2D eigenvalue weighted by molar-refractivity contribution is 5.58.